The van der Waals surface area contributed by atoms with Gasteiger partial charge in [-0.05, 0) is 146 Å². The van der Waals surface area contributed by atoms with Crippen molar-refractivity contribution in [2.75, 3.05) is 4.90 Å². The van der Waals surface area contributed by atoms with Gasteiger partial charge < -0.3 is 13.9 Å². The minimum atomic E-state index is 0.897. The topological polar surface area (TPSA) is 21.3 Å². The quantitative estimate of drug-likeness (QED) is 0.151. The molecule has 0 spiro atoms. The van der Waals surface area contributed by atoms with Gasteiger partial charge in [-0.2, -0.15) is 0 Å². The van der Waals surface area contributed by atoms with Crippen LogP contribution < -0.4 is 4.90 Å². The van der Waals surface area contributed by atoms with E-state index >= 15 is 0 Å². The van der Waals surface area contributed by atoms with Crippen molar-refractivity contribution >= 4 is 82.4 Å². The van der Waals surface area contributed by atoms with Gasteiger partial charge in [0.1, 0.15) is 11.2 Å². The summed E-state index contributed by atoms with van der Waals surface area (Å²) in [7, 11) is 0. The predicted molar refractivity (Wildman–Crippen MR) is 299 cm³/mol. The molecule has 0 radical (unpaired) electrons. The number of hydrogen-bond donors (Lipinski definition) is 0. The summed E-state index contributed by atoms with van der Waals surface area (Å²) in [6.45, 7) is 0. The van der Waals surface area contributed by atoms with Crippen LogP contribution in [0.15, 0.2) is 271 Å². The summed E-state index contributed by atoms with van der Waals surface area (Å²) in [5.74, 6) is 0. The van der Waals surface area contributed by atoms with Gasteiger partial charge in [0.25, 0.3) is 0 Å². The van der Waals surface area contributed by atoms with Gasteiger partial charge in [-0.25, -0.2) is 0 Å². The second-order valence-electron chi connectivity index (χ2n) is 18.5. The molecule has 0 atom stereocenters. The molecule has 332 valence electrons. The van der Waals surface area contributed by atoms with Crippen LogP contribution in [-0.2, 0) is 0 Å². The van der Waals surface area contributed by atoms with Crippen LogP contribution in [0.3, 0.4) is 0 Å². The van der Waals surface area contributed by atoms with Crippen molar-refractivity contribution in [3.8, 4) is 50.2 Å². The van der Waals surface area contributed by atoms with Crippen molar-refractivity contribution in [2.45, 2.75) is 0 Å². The molecule has 0 fully saturated rings. The first kappa shape index (κ1) is 40.6. The van der Waals surface area contributed by atoms with Gasteiger partial charge in [-0.1, -0.05) is 182 Å². The van der Waals surface area contributed by atoms with Crippen LogP contribution in [0.4, 0.5) is 17.1 Å². The van der Waals surface area contributed by atoms with Crippen LogP contribution >= 0.6 is 0 Å². The fourth-order valence-corrected chi connectivity index (χ4v) is 10.9. The van der Waals surface area contributed by atoms with Crippen molar-refractivity contribution in [1.29, 1.82) is 0 Å². The lowest BCUT2D eigenvalue weighted by Crippen LogP contribution is -2.09. The fourth-order valence-electron chi connectivity index (χ4n) is 10.9. The predicted octanol–water partition coefficient (Wildman–Crippen LogP) is 19.1. The lowest BCUT2D eigenvalue weighted by Gasteiger charge is -2.26. The van der Waals surface area contributed by atoms with Crippen molar-refractivity contribution in [3.05, 3.63) is 267 Å². The largest absolute Gasteiger partial charge is 0.455 e. The monoisotopic (exact) mass is 904 g/mol. The lowest BCUT2D eigenvalue weighted by atomic mass is 9.95. The third-order valence-electron chi connectivity index (χ3n) is 14.4. The zero-order chi connectivity index (χ0) is 46.8. The highest BCUT2D eigenvalue weighted by molar-refractivity contribution is 6.15. The molecule has 0 amide bonds. The van der Waals surface area contributed by atoms with E-state index in [1.165, 1.54) is 60.2 Å². The van der Waals surface area contributed by atoms with E-state index in [1.807, 2.05) is 0 Å². The molecule has 0 N–H and O–H groups in total. The summed E-state index contributed by atoms with van der Waals surface area (Å²) < 4.78 is 8.85. The van der Waals surface area contributed by atoms with E-state index in [0.29, 0.717) is 0 Å². The van der Waals surface area contributed by atoms with Crippen LogP contribution in [-0.4, -0.2) is 4.57 Å². The normalized spacial score (nSPS) is 11.7. The van der Waals surface area contributed by atoms with Crippen molar-refractivity contribution < 1.29 is 4.42 Å². The Hall–Kier alpha value is -9.44. The number of hydrogen-bond acceptors (Lipinski definition) is 2. The summed E-state index contributed by atoms with van der Waals surface area (Å²) >= 11 is 0. The Balaban J connectivity index is 0.830. The molecule has 0 aliphatic carbocycles. The number of fused-ring (bicyclic) bond motifs is 9. The van der Waals surface area contributed by atoms with Gasteiger partial charge in [-0.15, -0.1) is 0 Å². The maximum atomic E-state index is 6.47. The Morgan fingerprint density at radius 2 is 0.761 bits per heavy atom. The zero-order valence-corrected chi connectivity index (χ0v) is 38.7. The molecule has 14 aromatic rings. The third kappa shape index (κ3) is 6.97. The van der Waals surface area contributed by atoms with Crippen molar-refractivity contribution in [1.82, 2.24) is 4.57 Å². The minimum Gasteiger partial charge on any atom is -0.455 e. The molecule has 0 aliphatic rings. The molecule has 0 aliphatic heterocycles. The molecule has 2 aromatic heterocycles. The Bertz CT molecular complexity index is 4270. The highest BCUT2D eigenvalue weighted by atomic mass is 16.3. The summed E-state index contributed by atoms with van der Waals surface area (Å²) in [4.78, 5) is 2.36. The molecule has 0 bridgehead atoms. The Morgan fingerprint density at radius 3 is 1.41 bits per heavy atom. The summed E-state index contributed by atoms with van der Waals surface area (Å²) in [6.07, 6.45) is 0. The molecule has 14 rings (SSSR count). The molecule has 3 heteroatoms. The van der Waals surface area contributed by atoms with Crippen LogP contribution in [0.2, 0.25) is 0 Å². The highest BCUT2D eigenvalue weighted by Gasteiger charge is 2.17. The van der Waals surface area contributed by atoms with Crippen LogP contribution in [0.1, 0.15) is 0 Å². The second-order valence-corrected chi connectivity index (χ2v) is 18.5. The van der Waals surface area contributed by atoms with E-state index < -0.39 is 0 Å². The van der Waals surface area contributed by atoms with E-state index in [2.05, 4.69) is 276 Å². The molecular formula is C68H44N2O. The van der Waals surface area contributed by atoms with E-state index in [0.717, 1.165) is 72.3 Å². The molecule has 12 aromatic carbocycles. The Kier molecular flexibility index (Phi) is 9.53. The molecule has 71 heavy (non-hydrogen) atoms. The first-order valence-corrected chi connectivity index (χ1v) is 24.3. The standard InChI is InChI=1S/C68H44N2O/c1-3-19-58-48(12-1)14-11-23-59(58)53-17-9-15-50(42-53)45-26-34-54(35-27-45)69(56-38-30-47(31-39-56)52-33-41-67-64(44-52)63-40-32-49-13-2-4-20-60(49)68(63)71-67)55-36-28-46(29-37-55)51-16-10-18-57(43-51)70-65-24-7-5-21-61(65)62-22-6-8-25-66(62)70/h1-44H. The third-order valence-corrected chi connectivity index (χ3v) is 14.4. The van der Waals surface area contributed by atoms with E-state index in [-0.39, 0.29) is 0 Å². The van der Waals surface area contributed by atoms with Gasteiger partial charge >= 0.3 is 0 Å². The molecule has 2 heterocycles. The molecule has 0 saturated heterocycles. The number of aromatic nitrogens is 1. The average Bonchev–Trinajstić information content (AvgIpc) is 4.00. The maximum absolute atomic E-state index is 6.47. The molecule has 3 nitrogen and oxygen atoms in total. The van der Waals surface area contributed by atoms with Crippen LogP contribution in [0.25, 0.3) is 115 Å². The SMILES string of the molecule is c1cc(-c2ccc(N(c3ccc(-c4cccc(-n5c6ccccc6c6ccccc65)c4)cc3)c3ccc(-c4ccc5oc6c7ccccc7ccc6c5c4)cc3)cc2)cc(-c2cccc3ccccc23)c1. The Morgan fingerprint density at radius 1 is 0.282 bits per heavy atom. The first-order chi connectivity index (χ1) is 35.2. The average molecular weight is 905 g/mol. The number of furan rings is 1. The fraction of sp³-hybridized carbons (Fsp3) is 0. The smallest absolute Gasteiger partial charge is 0.143 e. The lowest BCUT2D eigenvalue weighted by molar-refractivity contribution is 0.672. The number of para-hydroxylation sites is 2. The Labute approximate surface area is 411 Å². The number of anilines is 3. The highest BCUT2D eigenvalue weighted by Crippen LogP contribution is 2.41. The van der Waals surface area contributed by atoms with Gasteiger partial charge in [0.2, 0.25) is 0 Å². The van der Waals surface area contributed by atoms with Gasteiger partial charge in [0, 0.05) is 49.7 Å². The summed E-state index contributed by atoms with van der Waals surface area (Å²) in [6, 6.07) is 96.7. The van der Waals surface area contributed by atoms with Crippen molar-refractivity contribution in [2.24, 2.45) is 0 Å². The summed E-state index contributed by atoms with van der Waals surface area (Å²) in [5.41, 5.74) is 18.0. The van der Waals surface area contributed by atoms with E-state index in [9.17, 15) is 0 Å². The minimum absolute atomic E-state index is 0.897. The molecule has 0 saturated carbocycles. The van der Waals surface area contributed by atoms with Gasteiger partial charge in [-0.3, -0.25) is 0 Å². The van der Waals surface area contributed by atoms with E-state index in [4.69, 9.17) is 4.42 Å². The zero-order valence-electron chi connectivity index (χ0n) is 38.7. The maximum Gasteiger partial charge on any atom is 0.143 e. The van der Waals surface area contributed by atoms with Gasteiger partial charge in [0.15, 0.2) is 0 Å². The number of benzene rings is 12. The number of rotatable bonds is 8. The van der Waals surface area contributed by atoms with Crippen molar-refractivity contribution in [3.63, 3.8) is 0 Å². The van der Waals surface area contributed by atoms with E-state index in [1.54, 1.807) is 0 Å². The first-order valence-electron chi connectivity index (χ1n) is 24.3. The number of nitrogens with zero attached hydrogens (tertiary/aromatic N) is 2. The van der Waals surface area contributed by atoms with Crippen LogP contribution in [0, 0.1) is 0 Å². The molecule has 0 unspecified atom stereocenters. The molecular weight excluding hydrogens is 861 g/mol. The van der Waals surface area contributed by atoms with Crippen LogP contribution in [0.5, 0.6) is 0 Å². The summed E-state index contributed by atoms with van der Waals surface area (Å²) in [5, 5.41) is 9.59. The second kappa shape index (κ2) is 16.7. The van der Waals surface area contributed by atoms with Gasteiger partial charge in [0.05, 0.1) is 11.0 Å².